The minimum Gasteiger partial charge on any atom is -0.480 e. The molecule has 0 aromatic rings. The maximum atomic E-state index is 12.0. The molecule has 20 heavy (non-hydrogen) atoms. The monoisotopic (exact) mass is 280 g/mol. The number of carboxylic acid groups (broad SMARTS) is 1. The van der Waals surface area contributed by atoms with Gasteiger partial charge in [0.2, 0.25) is 0 Å². The Morgan fingerprint density at radius 3 is 2.40 bits per heavy atom. The van der Waals surface area contributed by atoms with Gasteiger partial charge in [0.25, 0.3) is 0 Å². The van der Waals surface area contributed by atoms with Gasteiger partial charge in [0.1, 0.15) is 5.54 Å². The molecule has 0 aromatic heterocycles. The molecule has 0 saturated heterocycles. The van der Waals surface area contributed by atoms with Crippen LogP contribution in [0.25, 0.3) is 0 Å². The van der Waals surface area contributed by atoms with Crippen LogP contribution in [0.4, 0.5) is 0 Å². The van der Waals surface area contributed by atoms with E-state index in [0.717, 1.165) is 51.1 Å². The lowest BCUT2D eigenvalue weighted by Gasteiger charge is -2.36. The van der Waals surface area contributed by atoms with E-state index in [9.17, 15) is 9.90 Å². The maximum Gasteiger partial charge on any atom is 0.325 e. The van der Waals surface area contributed by atoms with E-state index in [0.29, 0.717) is 18.5 Å². The van der Waals surface area contributed by atoms with Crippen LogP contribution in [-0.4, -0.2) is 47.2 Å². The van der Waals surface area contributed by atoms with Gasteiger partial charge in [0, 0.05) is 19.1 Å². The summed E-state index contributed by atoms with van der Waals surface area (Å²) in [6, 6.07) is 0.455. The first-order valence-electron chi connectivity index (χ1n) is 8.37. The van der Waals surface area contributed by atoms with Crippen molar-refractivity contribution in [3.8, 4) is 0 Å². The third-order valence-electron chi connectivity index (χ3n) is 4.92. The summed E-state index contributed by atoms with van der Waals surface area (Å²) >= 11 is 0. The van der Waals surface area contributed by atoms with Crippen molar-refractivity contribution in [2.75, 3.05) is 19.6 Å². The molecule has 3 rings (SSSR count). The molecule has 0 aromatic carbocycles. The quantitative estimate of drug-likeness (QED) is 0.643. The van der Waals surface area contributed by atoms with Crippen LogP contribution in [-0.2, 0) is 4.79 Å². The molecule has 0 radical (unpaired) electrons. The second-order valence-electron chi connectivity index (χ2n) is 7.15. The van der Waals surface area contributed by atoms with E-state index in [1.807, 2.05) is 0 Å². The average Bonchev–Trinajstić information content (AvgIpc) is 3.25. The third-order valence-corrected chi connectivity index (χ3v) is 4.92. The van der Waals surface area contributed by atoms with Crippen molar-refractivity contribution >= 4 is 5.97 Å². The van der Waals surface area contributed by atoms with Crippen molar-refractivity contribution in [3.63, 3.8) is 0 Å². The minimum atomic E-state index is -0.675. The van der Waals surface area contributed by atoms with Gasteiger partial charge in [-0.05, 0) is 63.3 Å². The Balaban J connectivity index is 1.70. The molecule has 1 atom stereocenters. The fourth-order valence-corrected chi connectivity index (χ4v) is 3.33. The standard InChI is InChI=1S/C16H28N2O2/c1-2-9-18(10-12-3-4-12)11-16(15(19)20,13-5-6-13)17-14-7-8-14/h12-14,17H,2-11H2,1H3,(H,19,20). The highest BCUT2D eigenvalue weighted by Crippen LogP contribution is 2.43. The Bertz CT molecular complexity index is 361. The van der Waals surface area contributed by atoms with E-state index in [1.54, 1.807) is 0 Å². The number of nitrogens with zero attached hydrogens (tertiary/aromatic N) is 1. The summed E-state index contributed by atoms with van der Waals surface area (Å²) in [6.07, 6.45) is 8.23. The number of hydrogen-bond donors (Lipinski definition) is 2. The lowest BCUT2D eigenvalue weighted by atomic mass is 9.91. The van der Waals surface area contributed by atoms with E-state index in [-0.39, 0.29) is 0 Å². The van der Waals surface area contributed by atoms with Gasteiger partial charge in [0.05, 0.1) is 0 Å². The van der Waals surface area contributed by atoms with Gasteiger partial charge in [-0.2, -0.15) is 0 Å². The SMILES string of the molecule is CCCN(CC1CC1)CC(NC1CC1)(C(=O)O)C1CC1. The fourth-order valence-electron chi connectivity index (χ4n) is 3.33. The topological polar surface area (TPSA) is 52.6 Å². The molecule has 3 aliphatic carbocycles. The minimum absolute atomic E-state index is 0.346. The Hall–Kier alpha value is -0.610. The highest BCUT2D eigenvalue weighted by atomic mass is 16.4. The van der Waals surface area contributed by atoms with Gasteiger partial charge in [-0.1, -0.05) is 6.92 Å². The molecule has 4 nitrogen and oxygen atoms in total. The molecule has 3 saturated carbocycles. The van der Waals surface area contributed by atoms with Gasteiger partial charge in [0.15, 0.2) is 0 Å². The van der Waals surface area contributed by atoms with Crippen molar-refractivity contribution in [2.24, 2.45) is 11.8 Å². The molecule has 0 aliphatic heterocycles. The lowest BCUT2D eigenvalue weighted by molar-refractivity contribution is -0.147. The Labute approximate surface area is 121 Å². The second-order valence-corrected chi connectivity index (χ2v) is 7.15. The van der Waals surface area contributed by atoms with Gasteiger partial charge in [-0.25, -0.2) is 0 Å². The van der Waals surface area contributed by atoms with Crippen LogP contribution in [0, 0.1) is 11.8 Å². The number of carbonyl (C=O) groups is 1. The summed E-state index contributed by atoms with van der Waals surface area (Å²) in [7, 11) is 0. The zero-order valence-electron chi connectivity index (χ0n) is 12.6. The summed E-state index contributed by atoms with van der Waals surface area (Å²) in [4.78, 5) is 14.4. The first-order chi connectivity index (χ1) is 9.64. The third kappa shape index (κ3) is 3.34. The van der Waals surface area contributed by atoms with Crippen LogP contribution < -0.4 is 5.32 Å². The summed E-state index contributed by atoms with van der Waals surface area (Å²) in [6.45, 7) is 5.02. The van der Waals surface area contributed by atoms with Crippen LogP contribution in [0.5, 0.6) is 0 Å². The van der Waals surface area contributed by atoms with Crippen LogP contribution in [0.2, 0.25) is 0 Å². The van der Waals surface area contributed by atoms with Crippen molar-refractivity contribution in [1.29, 1.82) is 0 Å². The molecule has 0 heterocycles. The van der Waals surface area contributed by atoms with Crippen LogP contribution >= 0.6 is 0 Å². The number of aliphatic carboxylic acids is 1. The van der Waals surface area contributed by atoms with Crippen molar-refractivity contribution in [2.45, 2.75) is 63.5 Å². The number of rotatable bonds is 10. The van der Waals surface area contributed by atoms with E-state index in [2.05, 4.69) is 17.1 Å². The predicted molar refractivity (Wildman–Crippen MR) is 78.7 cm³/mol. The summed E-state index contributed by atoms with van der Waals surface area (Å²) in [5, 5.41) is 13.4. The first kappa shape index (κ1) is 14.3. The van der Waals surface area contributed by atoms with E-state index < -0.39 is 11.5 Å². The molecule has 2 N–H and O–H groups in total. The number of hydrogen-bond acceptors (Lipinski definition) is 3. The van der Waals surface area contributed by atoms with E-state index in [4.69, 9.17) is 0 Å². The maximum absolute atomic E-state index is 12.0. The Kier molecular flexibility index (Phi) is 4.04. The molecule has 4 heteroatoms. The van der Waals surface area contributed by atoms with Crippen molar-refractivity contribution in [3.05, 3.63) is 0 Å². The zero-order valence-corrected chi connectivity index (χ0v) is 12.6. The predicted octanol–water partition coefficient (Wildman–Crippen LogP) is 2.09. The summed E-state index contributed by atoms with van der Waals surface area (Å²) < 4.78 is 0. The Morgan fingerprint density at radius 2 is 1.95 bits per heavy atom. The molecule has 3 fully saturated rings. The van der Waals surface area contributed by atoms with Crippen molar-refractivity contribution in [1.82, 2.24) is 10.2 Å². The van der Waals surface area contributed by atoms with E-state index >= 15 is 0 Å². The Morgan fingerprint density at radius 1 is 1.25 bits per heavy atom. The van der Waals surface area contributed by atoms with Crippen molar-refractivity contribution < 1.29 is 9.90 Å². The van der Waals surface area contributed by atoms with Gasteiger partial charge in [-0.3, -0.25) is 10.1 Å². The molecular formula is C16H28N2O2. The first-order valence-corrected chi connectivity index (χ1v) is 8.37. The van der Waals surface area contributed by atoms with Gasteiger partial charge < -0.3 is 10.0 Å². The lowest BCUT2D eigenvalue weighted by Crippen LogP contribution is -2.61. The van der Waals surface area contributed by atoms with Crippen LogP contribution in [0.1, 0.15) is 51.9 Å². The molecule has 0 amide bonds. The second kappa shape index (κ2) is 5.64. The normalized spacial score (nSPS) is 25.7. The van der Waals surface area contributed by atoms with E-state index in [1.165, 1.54) is 12.8 Å². The zero-order chi connectivity index (χ0) is 14.2. The smallest absolute Gasteiger partial charge is 0.325 e. The molecule has 114 valence electrons. The van der Waals surface area contributed by atoms with Gasteiger partial charge >= 0.3 is 5.97 Å². The summed E-state index contributed by atoms with van der Waals surface area (Å²) in [5.74, 6) is 0.552. The average molecular weight is 280 g/mol. The molecular weight excluding hydrogens is 252 g/mol. The highest BCUT2D eigenvalue weighted by molar-refractivity contribution is 5.80. The molecule has 3 aliphatic rings. The highest BCUT2D eigenvalue weighted by Gasteiger charge is 2.54. The van der Waals surface area contributed by atoms with Crippen LogP contribution in [0.3, 0.4) is 0 Å². The molecule has 1 unspecified atom stereocenters. The van der Waals surface area contributed by atoms with Crippen LogP contribution in [0.15, 0.2) is 0 Å². The fraction of sp³-hybridized carbons (Fsp3) is 0.938. The molecule has 0 bridgehead atoms. The number of nitrogens with one attached hydrogen (secondary N) is 1. The summed E-state index contributed by atoms with van der Waals surface area (Å²) in [5.41, 5.74) is -0.675. The molecule has 0 spiro atoms. The number of carboxylic acids is 1. The largest absolute Gasteiger partial charge is 0.480 e. The van der Waals surface area contributed by atoms with Gasteiger partial charge in [-0.15, -0.1) is 0 Å².